The van der Waals surface area contributed by atoms with Crippen LogP contribution in [0.5, 0.6) is 0 Å². The molecule has 0 aliphatic rings. The quantitative estimate of drug-likeness (QED) is 0.390. The first kappa shape index (κ1) is 19.1. The lowest BCUT2D eigenvalue weighted by atomic mass is 10.2. The molecule has 0 bridgehead atoms. The lowest BCUT2D eigenvalue weighted by molar-refractivity contribution is 0.0955. The molecular formula is C21H20N8O. The highest BCUT2D eigenvalue weighted by Crippen LogP contribution is 2.12. The van der Waals surface area contributed by atoms with E-state index in [1.165, 1.54) is 0 Å². The van der Waals surface area contributed by atoms with Crippen molar-refractivity contribution in [1.82, 2.24) is 30.3 Å². The van der Waals surface area contributed by atoms with Gasteiger partial charge in [-0.25, -0.2) is 9.67 Å². The number of hydrogen-bond acceptors (Lipinski definition) is 7. The lowest BCUT2D eigenvalue weighted by Crippen LogP contribution is -2.29. The van der Waals surface area contributed by atoms with Gasteiger partial charge in [-0.15, -0.1) is 10.2 Å². The van der Waals surface area contributed by atoms with Gasteiger partial charge >= 0.3 is 0 Å². The fourth-order valence-electron chi connectivity index (χ4n) is 2.74. The van der Waals surface area contributed by atoms with Gasteiger partial charge in [0.15, 0.2) is 5.82 Å². The summed E-state index contributed by atoms with van der Waals surface area (Å²) in [6.07, 6.45) is 5.23. The van der Waals surface area contributed by atoms with E-state index in [4.69, 9.17) is 0 Å². The van der Waals surface area contributed by atoms with Crippen LogP contribution in [-0.4, -0.2) is 44.0 Å². The zero-order valence-corrected chi connectivity index (χ0v) is 16.1. The molecule has 0 atom stereocenters. The standard InChI is InChI=1S/C21H20N8O/c30-21(16-5-3-6-17(15-16)29-14-4-11-25-29)24-13-12-23-19-8-9-20(28-27-19)26-18-7-1-2-10-22-18/h1-11,14-15H,12-13H2,(H,23,27)(H,24,30)(H,22,26,28). The van der Waals surface area contributed by atoms with Gasteiger partial charge in [0.05, 0.1) is 5.69 Å². The summed E-state index contributed by atoms with van der Waals surface area (Å²) in [6, 6.07) is 18.3. The van der Waals surface area contributed by atoms with E-state index in [0.717, 1.165) is 5.69 Å². The molecule has 1 amide bonds. The van der Waals surface area contributed by atoms with Gasteiger partial charge in [0.25, 0.3) is 5.91 Å². The third kappa shape index (κ3) is 4.96. The van der Waals surface area contributed by atoms with E-state index in [0.29, 0.717) is 36.1 Å². The number of nitrogens with one attached hydrogen (secondary N) is 3. The van der Waals surface area contributed by atoms with E-state index in [9.17, 15) is 4.79 Å². The minimum absolute atomic E-state index is 0.146. The number of rotatable bonds is 8. The molecule has 9 heteroatoms. The van der Waals surface area contributed by atoms with Crippen LogP contribution in [0, 0.1) is 0 Å². The lowest BCUT2D eigenvalue weighted by Gasteiger charge is -2.09. The molecule has 0 aliphatic heterocycles. The monoisotopic (exact) mass is 400 g/mol. The molecule has 150 valence electrons. The van der Waals surface area contributed by atoms with E-state index in [1.807, 2.05) is 54.7 Å². The fourth-order valence-corrected chi connectivity index (χ4v) is 2.74. The molecule has 4 aromatic rings. The SMILES string of the molecule is O=C(NCCNc1ccc(Nc2ccccn2)nn1)c1cccc(-n2cccn2)c1. The number of carbonyl (C=O) groups is 1. The number of amides is 1. The fraction of sp³-hybridized carbons (Fsp3) is 0.0952. The van der Waals surface area contributed by atoms with Crippen LogP contribution in [-0.2, 0) is 0 Å². The summed E-state index contributed by atoms with van der Waals surface area (Å²) >= 11 is 0. The van der Waals surface area contributed by atoms with Gasteiger partial charge in [-0.3, -0.25) is 4.79 Å². The van der Waals surface area contributed by atoms with Crippen molar-refractivity contribution in [3.05, 3.63) is 84.8 Å². The third-order valence-corrected chi connectivity index (χ3v) is 4.18. The smallest absolute Gasteiger partial charge is 0.251 e. The van der Waals surface area contributed by atoms with Crippen molar-refractivity contribution in [2.45, 2.75) is 0 Å². The molecule has 0 unspecified atom stereocenters. The number of hydrogen-bond donors (Lipinski definition) is 3. The molecule has 30 heavy (non-hydrogen) atoms. The molecule has 0 saturated carbocycles. The van der Waals surface area contributed by atoms with Crippen molar-refractivity contribution in [2.24, 2.45) is 0 Å². The van der Waals surface area contributed by atoms with E-state index in [1.54, 1.807) is 29.2 Å². The van der Waals surface area contributed by atoms with E-state index in [-0.39, 0.29) is 5.91 Å². The molecule has 0 aliphatic carbocycles. The van der Waals surface area contributed by atoms with Crippen LogP contribution < -0.4 is 16.0 Å². The van der Waals surface area contributed by atoms with Gasteiger partial charge in [0, 0.05) is 37.2 Å². The molecule has 0 radical (unpaired) electrons. The van der Waals surface area contributed by atoms with Crippen LogP contribution in [0.25, 0.3) is 5.69 Å². The number of nitrogens with zero attached hydrogens (tertiary/aromatic N) is 5. The van der Waals surface area contributed by atoms with Crippen LogP contribution >= 0.6 is 0 Å². The average Bonchev–Trinajstić information content (AvgIpc) is 3.34. The van der Waals surface area contributed by atoms with E-state index in [2.05, 4.69) is 36.2 Å². The summed E-state index contributed by atoms with van der Waals surface area (Å²) in [7, 11) is 0. The van der Waals surface area contributed by atoms with Crippen molar-refractivity contribution in [2.75, 3.05) is 23.7 Å². The number of aromatic nitrogens is 5. The first-order chi connectivity index (χ1) is 14.8. The van der Waals surface area contributed by atoms with Gasteiger partial charge in [-0.05, 0) is 48.5 Å². The molecule has 3 N–H and O–H groups in total. The Balaban J connectivity index is 1.24. The summed E-state index contributed by atoms with van der Waals surface area (Å²) in [6.45, 7) is 0.965. The van der Waals surface area contributed by atoms with Crippen molar-refractivity contribution in [3.63, 3.8) is 0 Å². The summed E-state index contributed by atoms with van der Waals surface area (Å²) in [5.74, 6) is 1.78. The predicted octanol–water partition coefficient (Wildman–Crippen LogP) is 2.64. The van der Waals surface area contributed by atoms with Crippen molar-refractivity contribution < 1.29 is 4.79 Å². The second-order valence-electron chi connectivity index (χ2n) is 6.33. The topological polar surface area (TPSA) is 110 Å². The Kier molecular flexibility index (Phi) is 5.90. The first-order valence-electron chi connectivity index (χ1n) is 9.42. The van der Waals surface area contributed by atoms with Crippen LogP contribution in [0.1, 0.15) is 10.4 Å². The van der Waals surface area contributed by atoms with Gasteiger partial charge in [0.1, 0.15) is 11.6 Å². The maximum absolute atomic E-state index is 12.4. The minimum Gasteiger partial charge on any atom is -0.367 e. The predicted molar refractivity (Wildman–Crippen MR) is 114 cm³/mol. The van der Waals surface area contributed by atoms with Gasteiger partial charge in [0.2, 0.25) is 0 Å². The van der Waals surface area contributed by atoms with E-state index >= 15 is 0 Å². The maximum Gasteiger partial charge on any atom is 0.251 e. The van der Waals surface area contributed by atoms with Gasteiger partial charge < -0.3 is 16.0 Å². The Bertz CT molecular complexity index is 1080. The summed E-state index contributed by atoms with van der Waals surface area (Å²) in [5, 5.41) is 21.5. The second kappa shape index (κ2) is 9.28. The number of pyridine rings is 1. The molecule has 4 rings (SSSR count). The summed E-state index contributed by atoms with van der Waals surface area (Å²) in [5.41, 5.74) is 1.41. The normalized spacial score (nSPS) is 10.4. The van der Waals surface area contributed by atoms with Crippen molar-refractivity contribution in [3.8, 4) is 5.69 Å². The highest BCUT2D eigenvalue weighted by molar-refractivity contribution is 5.94. The number of benzene rings is 1. The van der Waals surface area contributed by atoms with Crippen LogP contribution in [0.15, 0.2) is 79.3 Å². The molecule has 9 nitrogen and oxygen atoms in total. The Morgan fingerprint density at radius 3 is 2.53 bits per heavy atom. The molecule has 0 fully saturated rings. The molecule has 3 aromatic heterocycles. The molecule has 3 heterocycles. The highest BCUT2D eigenvalue weighted by atomic mass is 16.1. The largest absolute Gasteiger partial charge is 0.367 e. The second-order valence-corrected chi connectivity index (χ2v) is 6.33. The third-order valence-electron chi connectivity index (χ3n) is 4.18. The van der Waals surface area contributed by atoms with Crippen LogP contribution in [0.2, 0.25) is 0 Å². The Morgan fingerprint density at radius 1 is 0.867 bits per heavy atom. The molecular weight excluding hydrogens is 380 g/mol. The summed E-state index contributed by atoms with van der Waals surface area (Å²) in [4.78, 5) is 16.6. The molecule has 1 aromatic carbocycles. The van der Waals surface area contributed by atoms with Crippen LogP contribution in [0.3, 0.4) is 0 Å². The van der Waals surface area contributed by atoms with E-state index < -0.39 is 0 Å². The van der Waals surface area contributed by atoms with Crippen molar-refractivity contribution >= 4 is 23.4 Å². The summed E-state index contributed by atoms with van der Waals surface area (Å²) < 4.78 is 1.71. The van der Waals surface area contributed by atoms with Crippen molar-refractivity contribution in [1.29, 1.82) is 0 Å². The zero-order valence-electron chi connectivity index (χ0n) is 16.1. The average molecular weight is 400 g/mol. The van der Waals surface area contributed by atoms with Gasteiger partial charge in [-0.1, -0.05) is 12.1 Å². The highest BCUT2D eigenvalue weighted by Gasteiger charge is 2.07. The minimum atomic E-state index is -0.146. The number of anilines is 3. The Labute approximate surface area is 173 Å². The van der Waals surface area contributed by atoms with Gasteiger partial charge in [-0.2, -0.15) is 5.10 Å². The number of carbonyl (C=O) groups excluding carboxylic acids is 1. The Morgan fingerprint density at radius 2 is 1.77 bits per heavy atom. The van der Waals surface area contributed by atoms with Crippen LogP contribution in [0.4, 0.5) is 17.5 Å². The maximum atomic E-state index is 12.4. The first-order valence-corrected chi connectivity index (χ1v) is 9.42. The molecule has 0 saturated heterocycles. The zero-order chi connectivity index (χ0) is 20.6. The molecule has 0 spiro atoms. The Hall–Kier alpha value is -4.27.